The van der Waals surface area contributed by atoms with Crippen molar-refractivity contribution in [2.45, 2.75) is 6.92 Å². The largest absolute Gasteiger partial charge is 0.452 e. The fourth-order valence-corrected chi connectivity index (χ4v) is 3.03. The zero-order valence-electron chi connectivity index (χ0n) is 14.0. The lowest BCUT2D eigenvalue weighted by Gasteiger charge is -2.09. The van der Waals surface area contributed by atoms with E-state index in [0.29, 0.717) is 38.2 Å². The van der Waals surface area contributed by atoms with E-state index in [-0.39, 0.29) is 18.1 Å². The zero-order chi connectivity index (χ0) is 18.8. The van der Waals surface area contributed by atoms with E-state index in [9.17, 15) is 9.59 Å². The summed E-state index contributed by atoms with van der Waals surface area (Å²) in [6.07, 6.45) is 1.50. The van der Waals surface area contributed by atoms with Gasteiger partial charge in [0.1, 0.15) is 18.1 Å². The summed E-state index contributed by atoms with van der Waals surface area (Å²) in [6, 6.07) is 8.16. The number of methoxy groups -OCH3 is 1. The Bertz CT molecular complexity index is 914. The molecular formula is C19H14Cl2O5. The lowest BCUT2D eigenvalue weighted by atomic mass is 10.1. The molecule has 0 spiro atoms. The molecule has 2 aromatic carbocycles. The molecule has 1 heterocycles. The average molecular weight is 393 g/mol. The van der Waals surface area contributed by atoms with Gasteiger partial charge < -0.3 is 14.2 Å². The molecule has 1 aliphatic rings. The highest BCUT2D eigenvalue weighted by atomic mass is 35.5. The fourth-order valence-electron chi connectivity index (χ4n) is 2.53. The SMILES string of the molecule is COCC(=O)Oc1ccc2c(c1C)O/C(=C\c1c(Cl)cccc1Cl)C2=O. The summed E-state index contributed by atoms with van der Waals surface area (Å²) in [4.78, 5) is 24.2. The van der Waals surface area contributed by atoms with Crippen molar-refractivity contribution in [3.63, 3.8) is 0 Å². The summed E-state index contributed by atoms with van der Waals surface area (Å²) in [5.41, 5.74) is 1.41. The van der Waals surface area contributed by atoms with Crippen LogP contribution in [0.5, 0.6) is 11.5 Å². The monoisotopic (exact) mass is 392 g/mol. The van der Waals surface area contributed by atoms with Crippen molar-refractivity contribution in [1.29, 1.82) is 0 Å². The van der Waals surface area contributed by atoms with Crippen LogP contribution in [0.4, 0.5) is 0 Å². The van der Waals surface area contributed by atoms with Gasteiger partial charge in [-0.25, -0.2) is 4.79 Å². The molecule has 1 aliphatic heterocycles. The van der Waals surface area contributed by atoms with Crippen LogP contribution in [0.15, 0.2) is 36.1 Å². The molecule has 134 valence electrons. The summed E-state index contributed by atoms with van der Waals surface area (Å²) in [5, 5.41) is 0.812. The number of benzene rings is 2. The van der Waals surface area contributed by atoms with Crippen molar-refractivity contribution < 1.29 is 23.8 Å². The summed E-state index contributed by atoms with van der Waals surface area (Å²) in [7, 11) is 1.40. The number of rotatable bonds is 4. The Labute approximate surface area is 160 Å². The van der Waals surface area contributed by atoms with E-state index in [1.54, 1.807) is 37.3 Å². The highest BCUT2D eigenvalue weighted by molar-refractivity contribution is 6.37. The summed E-state index contributed by atoms with van der Waals surface area (Å²) < 4.78 is 15.7. The first-order valence-electron chi connectivity index (χ1n) is 7.64. The van der Waals surface area contributed by atoms with Crippen LogP contribution in [0.1, 0.15) is 21.5 Å². The molecule has 0 aliphatic carbocycles. The van der Waals surface area contributed by atoms with Gasteiger partial charge in [0.2, 0.25) is 5.78 Å². The first-order valence-corrected chi connectivity index (χ1v) is 8.39. The first kappa shape index (κ1) is 18.5. The van der Waals surface area contributed by atoms with E-state index < -0.39 is 5.97 Å². The predicted molar refractivity (Wildman–Crippen MR) is 98.1 cm³/mol. The van der Waals surface area contributed by atoms with Gasteiger partial charge in [0.05, 0.1) is 5.56 Å². The third-order valence-electron chi connectivity index (χ3n) is 3.80. The zero-order valence-corrected chi connectivity index (χ0v) is 15.5. The number of hydrogen-bond acceptors (Lipinski definition) is 5. The van der Waals surface area contributed by atoms with Crippen molar-refractivity contribution in [3.8, 4) is 11.5 Å². The van der Waals surface area contributed by atoms with Crippen LogP contribution in [0.25, 0.3) is 6.08 Å². The molecule has 0 bridgehead atoms. The van der Waals surface area contributed by atoms with Crippen LogP contribution in [0.3, 0.4) is 0 Å². The minimum absolute atomic E-state index is 0.0958. The minimum Gasteiger partial charge on any atom is -0.452 e. The number of Topliss-reactive ketones (excluding diaryl/α,β-unsaturated/α-hetero) is 1. The number of halogens is 2. The van der Waals surface area contributed by atoms with Crippen LogP contribution in [0.2, 0.25) is 10.0 Å². The number of hydrogen-bond donors (Lipinski definition) is 0. The quantitative estimate of drug-likeness (QED) is 0.436. The Morgan fingerprint density at radius 3 is 2.54 bits per heavy atom. The molecule has 2 aromatic rings. The summed E-state index contributed by atoms with van der Waals surface area (Å²) >= 11 is 12.3. The molecule has 3 rings (SSSR count). The maximum Gasteiger partial charge on any atom is 0.337 e. The molecule has 0 unspecified atom stereocenters. The molecule has 7 heteroatoms. The van der Waals surface area contributed by atoms with Crippen LogP contribution in [-0.4, -0.2) is 25.5 Å². The van der Waals surface area contributed by atoms with Crippen LogP contribution in [-0.2, 0) is 9.53 Å². The average Bonchev–Trinajstić information content (AvgIpc) is 2.91. The number of allylic oxidation sites excluding steroid dienone is 1. The van der Waals surface area contributed by atoms with E-state index in [0.717, 1.165) is 0 Å². The third kappa shape index (κ3) is 3.46. The molecule has 0 radical (unpaired) electrons. The van der Waals surface area contributed by atoms with Crippen molar-refractivity contribution in [2.75, 3.05) is 13.7 Å². The van der Waals surface area contributed by atoms with Crippen molar-refractivity contribution >= 4 is 41.0 Å². The molecule has 0 amide bonds. The molecule has 0 atom stereocenters. The van der Waals surface area contributed by atoms with Crippen LogP contribution in [0, 0.1) is 6.92 Å². The summed E-state index contributed by atoms with van der Waals surface area (Å²) in [5.74, 6) is -0.103. The first-order chi connectivity index (χ1) is 12.4. The lowest BCUT2D eigenvalue weighted by Crippen LogP contribution is -2.14. The van der Waals surface area contributed by atoms with E-state index in [1.165, 1.54) is 13.2 Å². The van der Waals surface area contributed by atoms with Crippen molar-refractivity contribution in [2.24, 2.45) is 0 Å². The van der Waals surface area contributed by atoms with E-state index in [2.05, 4.69) is 0 Å². The van der Waals surface area contributed by atoms with Gasteiger partial charge in [-0.15, -0.1) is 0 Å². The standard InChI is InChI=1S/C19H14Cl2O5/c1-10-15(25-17(22)9-24-2)7-6-11-18(23)16(26-19(10)11)8-12-13(20)4-3-5-14(12)21/h3-8H,9H2,1-2H3/b16-8-. The third-order valence-corrected chi connectivity index (χ3v) is 4.46. The van der Waals surface area contributed by atoms with Gasteiger partial charge >= 0.3 is 5.97 Å². The second kappa shape index (κ2) is 7.50. The van der Waals surface area contributed by atoms with Gasteiger partial charge in [-0.2, -0.15) is 0 Å². The highest BCUT2D eigenvalue weighted by Gasteiger charge is 2.31. The number of ketones is 1. The van der Waals surface area contributed by atoms with E-state index in [1.807, 2.05) is 0 Å². The number of esters is 1. The Morgan fingerprint density at radius 2 is 1.88 bits per heavy atom. The van der Waals surface area contributed by atoms with Crippen molar-refractivity contribution in [1.82, 2.24) is 0 Å². The molecule has 0 saturated carbocycles. The summed E-state index contributed by atoms with van der Waals surface area (Å²) in [6.45, 7) is 1.53. The van der Waals surface area contributed by atoms with Gasteiger partial charge in [-0.1, -0.05) is 29.3 Å². The van der Waals surface area contributed by atoms with Crippen LogP contribution >= 0.6 is 23.2 Å². The number of fused-ring (bicyclic) bond motifs is 1. The Kier molecular flexibility index (Phi) is 5.32. The highest BCUT2D eigenvalue weighted by Crippen LogP contribution is 2.40. The number of ether oxygens (including phenoxy) is 3. The van der Waals surface area contributed by atoms with Gasteiger partial charge in [-0.3, -0.25) is 4.79 Å². The normalized spacial score (nSPS) is 14.3. The molecule has 0 aromatic heterocycles. The maximum atomic E-state index is 12.6. The van der Waals surface area contributed by atoms with Gasteiger partial charge in [0.15, 0.2) is 5.76 Å². The molecule has 0 saturated heterocycles. The molecule has 26 heavy (non-hydrogen) atoms. The topological polar surface area (TPSA) is 61.8 Å². The molecule has 5 nitrogen and oxygen atoms in total. The molecule has 0 fully saturated rings. The fraction of sp³-hybridized carbons (Fsp3) is 0.158. The Balaban J connectivity index is 1.95. The smallest absolute Gasteiger partial charge is 0.337 e. The van der Waals surface area contributed by atoms with E-state index >= 15 is 0 Å². The lowest BCUT2D eigenvalue weighted by molar-refractivity contribution is -0.138. The Morgan fingerprint density at radius 1 is 1.19 bits per heavy atom. The van der Waals surface area contributed by atoms with E-state index in [4.69, 9.17) is 37.4 Å². The minimum atomic E-state index is -0.543. The van der Waals surface area contributed by atoms with Crippen LogP contribution < -0.4 is 9.47 Å². The molecule has 0 N–H and O–H groups in total. The van der Waals surface area contributed by atoms with Gasteiger partial charge in [0, 0.05) is 28.3 Å². The second-order valence-corrected chi connectivity index (χ2v) is 6.36. The van der Waals surface area contributed by atoms with Crippen molar-refractivity contribution in [3.05, 3.63) is 62.8 Å². The second-order valence-electron chi connectivity index (χ2n) is 5.55. The maximum absolute atomic E-state index is 12.6. The number of carbonyl (C=O) groups excluding carboxylic acids is 2. The van der Waals surface area contributed by atoms with Gasteiger partial charge in [0.25, 0.3) is 0 Å². The number of carbonyl (C=O) groups is 2. The van der Waals surface area contributed by atoms with Gasteiger partial charge in [-0.05, 0) is 37.3 Å². The molecular weight excluding hydrogens is 379 g/mol. The Hall–Kier alpha value is -2.34. The predicted octanol–water partition coefficient (Wildman–Crippen LogP) is 4.47.